The van der Waals surface area contributed by atoms with E-state index in [4.69, 9.17) is 16.1 Å². The molecule has 0 bridgehead atoms. The van der Waals surface area contributed by atoms with E-state index in [9.17, 15) is 18.0 Å². The average molecular weight is 430 g/mol. The minimum atomic E-state index is -4.52. The molecular weight excluding hydrogens is 407 g/mol. The fourth-order valence-corrected chi connectivity index (χ4v) is 3.83. The summed E-state index contributed by atoms with van der Waals surface area (Å²) in [7, 11) is 0. The van der Waals surface area contributed by atoms with E-state index in [-0.39, 0.29) is 16.6 Å². The van der Waals surface area contributed by atoms with Gasteiger partial charge in [0.2, 0.25) is 0 Å². The first-order valence-corrected chi connectivity index (χ1v) is 9.87. The smallest absolute Gasteiger partial charge is 0.380 e. The van der Waals surface area contributed by atoms with E-state index in [1.807, 2.05) is 13.8 Å². The molecule has 0 saturated heterocycles. The van der Waals surface area contributed by atoms with E-state index in [0.29, 0.717) is 5.92 Å². The van der Waals surface area contributed by atoms with Crippen molar-refractivity contribution < 1.29 is 22.5 Å². The predicted molar refractivity (Wildman–Crippen MR) is 104 cm³/mol. The summed E-state index contributed by atoms with van der Waals surface area (Å²) in [4.78, 5) is 12.5. The molecule has 0 unspecified atom stereocenters. The summed E-state index contributed by atoms with van der Waals surface area (Å²) in [6.45, 7) is 4.51. The van der Waals surface area contributed by atoms with Crippen LogP contribution in [0.1, 0.15) is 53.1 Å². The van der Waals surface area contributed by atoms with E-state index in [0.717, 1.165) is 67.6 Å². The van der Waals surface area contributed by atoms with Gasteiger partial charge in [0, 0.05) is 12.6 Å². The first-order valence-electron chi connectivity index (χ1n) is 9.49. The lowest BCUT2D eigenvalue weighted by Gasteiger charge is -2.29. The second-order valence-corrected chi connectivity index (χ2v) is 7.87. The molecule has 3 rings (SSSR count). The molecule has 1 aliphatic rings. The van der Waals surface area contributed by atoms with Crippen LogP contribution in [0.5, 0.6) is 0 Å². The number of anilines is 1. The number of hydrogen-bond donors (Lipinski definition) is 2. The maximum absolute atomic E-state index is 12.9. The maximum atomic E-state index is 12.9. The third kappa shape index (κ3) is 5.23. The van der Waals surface area contributed by atoms with Gasteiger partial charge >= 0.3 is 6.18 Å². The Morgan fingerprint density at radius 3 is 2.52 bits per heavy atom. The first-order chi connectivity index (χ1) is 13.6. The van der Waals surface area contributed by atoms with Gasteiger partial charge < -0.3 is 15.2 Å². The molecule has 1 aliphatic carbocycles. The molecule has 1 fully saturated rings. The molecule has 1 aromatic carbocycles. The summed E-state index contributed by atoms with van der Waals surface area (Å²) in [5, 5.41) is 10.1. The average Bonchev–Trinajstić information content (AvgIpc) is 2.98. The van der Waals surface area contributed by atoms with Crippen molar-refractivity contribution >= 4 is 23.2 Å². The molecule has 2 N–H and O–H groups in total. The Balaban J connectivity index is 1.52. The van der Waals surface area contributed by atoms with Crippen LogP contribution in [0, 0.1) is 19.8 Å². The van der Waals surface area contributed by atoms with Gasteiger partial charge in [-0.15, -0.1) is 0 Å². The molecule has 1 heterocycles. The Hall–Kier alpha value is -2.22. The Morgan fingerprint density at radius 2 is 1.93 bits per heavy atom. The van der Waals surface area contributed by atoms with Crippen molar-refractivity contribution in [1.29, 1.82) is 0 Å². The molecule has 2 aromatic rings. The highest BCUT2D eigenvalue weighted by molar-refractivity contribution is 6.33. The van der Waals surface area contributed by atoms with Gasteiger partial charge in [-0.25, -0.2) is 0 Å². The van der Waals surface area contributed by atoms with Gasteiger partial charge in [-0.3, -0.25) is 4.79 Å². The van der Waals surface area contributed by atoms with E-state index in [2.05, 4.69) is 15.8 Å². The summed E-state index contributed by atoms with van der Waals surface area (Å²) in [5.41, 5.74) is 0.700. The van der Waals surface area contributed by atoms with Crippen molar-refractivity contribution in [1.82, 2.24) is 10.5 Å². The molecule has 1 aromatic heterocycles. The van der Waals surface area contributed by atoms with Gasteiger partial charge in [-0.2, -0.15) is 13.2 Å². The van der Waals surface area contributed by atoms with Crippen molar-refractivity contribution in [3.63, 3.8) is 0 Å². The van der Waals surface area contributed by atoms with Crippen LogP contribution in [0.2, 0.25) is 5.02 Å². The summed E-state index contributed by atoms with van der Waals surface area (Å²) in [6, 6.07) is 2.70. The van der Waals surface area contributed by atoms with Crippen molar-refractivity contribution in [3.8, 4) is 0 Å². The van der Waals surface area contributed by atoms with Gasteiger partial charge in [-0.1, -0.05) is 16.8 Å². The third-order valence-electron chi connectivity index (χ3n) is 5.32. The number of halogens is 4. The normalized spacial score (nSPS) is 19.8. The van der Waals surface area contributed by atoms with Gasteiger partial charge in [0.25, 0.3) is 5.91 Å². The van der Waals surface area contributed by atoms with Crippen molar-refractivity contribution in [3.05, 3.63) is 45.8 Å². The number of benzene rings is 1. The van der Waals surface area contributed by atoms with Gasteiger partial charge in [0.1, 0.15) is 11.4 Å². The molecule has 5 nitrogen and oxygen atoms in total. The largest absolute Gasteiger partial charge is 0.416 e. The first kappa shape index (κ1) is 21.5. The highest BCUT2D eigenvalue weighted by atomic mass is 35.5. The summed E-state index contributed by atoms with van der Waals surface area (Å²) < 4.78 is 43.8. The van der Waals surface area contributed by atoms with Crippen LogP contribution in [0.15, 0.2) is 22.7 Å². The molecule has 1 saturated carbocycles. The second-order valence-electron chi connectivity index (χ2n) is 7.46. The number of carbonyl (C=O) groups excluding carboxylic acids is 1. The number of alkyl halides is 3. The predicted octanol–water partition coefficient (Wildman–Crippen LogP) is 5.36. The summed E-state index contributed by atoms with van der Waals surface area (Å²) in [5.74, 6) is 0.619. The fraction of sp³-hybridized carbons (Fsp3) is 0.500. The van der Waals surface area contributed by atoms with Crippen molar-refractivity contribution in [2.24, 2.45) is 5.92 Å². The molecule has 0 spiro atoms. The zero-order chi connectivity index (χ0) is 21.2. The second kappa shape index (κ2) is 8.65. The lowest BCUT2D eigenvalue weighted by Crippen LogP contribution is -2.38. The van der Waals surface area contributed by atoms with Gasteiger partial charge in [-0.05, 0) is 63.6 Å². The molecule has 158 valence electrons. The van der Waals surface area contributed by atoms with Crippen molar-refractivity contribution in [2.45, 2.75) is 51.7 Å². The Morgan fingerprint density at radius 1 is 1.24 bits per heavy atom. The Labute approximate surface area is 172 Å². The Bertz CT molecular complexity index is 855. The van der Waals surface area contributed by atoms with Gasteiger partial charge in [0.05, 0.1) is 16.1 Å². The number of aryl methyl sites for hydroxylation is 2. The number of rotatable bonds is 5. The zero-order valence-corrected chi connectivity index (χ0v) is 17.0. The Kier molecular flexibility index (Phi) is 6.41. The van der Waals surface area contributed by atoms with Crippen LogP contribution in [-0.4, -0.2) is 23.7 Å². The van der Waals surface area contributed by atoms with E-state index in [1.54, 1.807) is 0 Å². The monoisotopic (exact) mass is 429 g/mol. The summed E-state index contributed by atoms with van der Waals surface area (Å²) >= 11 is 5.95. The zero-order valence-electron chi connectivity index (χ0n) is 16.2. The third-order valence-corrected chi connectivity index (χ3v) is 5.65. The number of carbonyl (C=O) groups is 1. The SMILES string of the molecule is Cc1noc(C)c1NCC1CCC(NC(=O)c2cc(C(F)(F)F)ccc2Cl)CC1. The molecule has 0 aliphatic heterocycles. The lowest BCUT2D eigenvalue weighted by atomic mass is 9.85. The van der Waals surface area contributed by atoms with Crippen LogP contribution < -0.4 is 10.6 Å². The van der Waals surface area contributed by atoms with Crippen LogP contribution >= 0.6 is 11.6 Å². The highest BCUT2D eigenvalue weighted by Gasteiger charge is 2.32. The molecule has 29 heavy (non-hydrogen) atoms. The molecule has 0 radical (unpaired) electrons. The lowest BCUT2D eigenvalue weighted by molar-refractivity contribution is -0.137. The molecule has 9 heteroatoms. The van der Waals surface area contributed by atoms with Crippen LogP contribution in [0.25, 0.3) is 0 Å². The van der Waals surface area contributed by atoms with Crippen LogP contribution in [0.4, 0.5) is 18.9 Å². The quantitative estimate of drug-likeness (QED) is 0.671. The molecule has 0 atom stereocenters. The van der Waals surface area contributed by atoms with Gasteiger partial charge in [0.15, 0.2) is 5.76 Å². The minimum absolute atomic E-state index is 0.00727. The minimum Gasteiger partial charge on any atom is -0.380 e. The standard InChI is InChI=1S/C20H23ClF3N3O2/c1-11-18(12(2)29-27-11)25-10-13-3-6-15(7-4-13)26-19(28)16-9-14(20(22,23)24)5-8-17(16)21/h5,8-9,13,15,25H,3-4,6-7,10H2,1-2H3,(H,26,28). The number of nitrogens with zero attached hydrogens (tertiary/aromatic N) is 1. The van der Waals surface area contributed by atoms with E-state index < -0.39 is 17.6 Å². The highest BCUT2D eigenvalue weighted by Crippen LogP contribution is 2.32. The topological polar surface area (TPSA) is 67.2 Å². The van der Waals surface area contributed by atoms with E-state index >= 15 is 0 Å². The number of amides is 1. The molecular formula is C20H23ClF3N3O2. The maximum Gasteiger partial charge on any atom is 0.416 e. The number of nitrogens with one attached hydrogen (secondary N) is 2. The van der Waals surface area contributed by atoms with Crippen molar-refractivity contribution in [2.75, 3.05) is 11.9 Å². The fourth-order valence-electron chi connectivity index (χ4n) is 3.63. The number of hydrogen-bond acceptors (Lipinski definition) is 4. The van der Waals surface area contributed by atoms with Crippen LogP contribution in [-0.2, 0) is 6.18 Å². The molecule has 1 amide bonds. The van der Waals surface area contributed by atoms with Crippen LogP contribution in [0.3, 0.4) is 0 Å². The number of aromatic nitrogens is 1. The van der Waals surface area contributed by atoms with E-state index in [1.165, 1.54) is 0 Å². The summed E-state index contributed by atoms with van der Waals surface area (Å²) in [6.07, 6.45) is -1.20.